The van der Waals surface area contributed by atoms with Crippen LogP contribution in [0, 0.1) is 0 Å². The standard InChI is InChI=1S/C24H26O4/c1-25-11-12-26-13-14-27-15-16-28-17-21-8-7-20-6-5-18-3-2-4-19-9-10-22(21)24(20)23(18)19/h2-10H,11-17H2,1H3. The van der Waals surface area contributed by atoms with Crippen molar-refractivity contribution in [1.82, 2.24) is 0 Å². The lowest BCUT2D eigenvalue weighted by Gasteiger charge is -2.14. The topological polar surface area (TPSA) is 36.9 Å². The van der Waals surface area contributed by atoms with Gasteiger partial charge in [0.15, 0.2) is 0 Å². The van der Waals surface area contributed by atoms with E-state index in [2.05, 4.69) is 54.6 Å². The van der Waals surface area contributed by atoms with E-state index in [1.165, 1.54) is 37.9 Å². The average molecular weight is 378 g/mol. The summed E-state index contributed by atoms with van der Waals surface area (Å²) in [6.07, 6.45) is 0. The first-order valence-corrected chi connectivity index (χ1v) is 9.76. The van der Waals surface area contributed by atoms with Crippen LogP contribution in [0.2, 0.25) is 0 Å². The molecule has 146 valence electrons. The van der Waals surface area contributed by atoms with E-state index in [0.29, 0.717) is 46.2 Å². The van der Waals surface area contributed by atoms with Crippen LogP contribution in [-0.2, 0) is 25.6 Å². The summed E-state index contributed by atoms with van der Waals surface area (Å²) in [7, 11) is 1.66. The highest BCUT2D eigenvalue weighted by Gasteiger charge is 2.10. The van der Waals surface area contributed by atoms with E-state index in [9.17, 15) is 0 Å². The van der Waals surface area contributed by atoms with Crippen LogP contribution in [-0.4, -0.2) is 46.8 Å². The summed E-state index contributed by atoms with van der Waals surface area (Å²) in [6, 6.07) is 19.7. The number of hydrogen-bond donors (Lipinski definition) is 0. The van der Waals surface area contributed by atoms with E-state index in [0.717, 1.165) is 0 Å². The third-order valence-electron chi connectivity index (χ3n) is 5.05. The maximum Gasteiger partial charge on any atom is 0.0724 e. The molecule has 0 saturated carbocycles. The Balaban J connectivity index is 1.36. The van der Waals surface area contributed by atoms with Crippen LogP contribution in [0.4, 0.5) is 0 Å². The molecule has 28 heavy (non-hydrogen) atoms. The second-order valence-corrected chi connectivity index (χ2v) is 6.85. The molecule has 4 aromatic carbocycles. The Bertz CT molecular complexity index is 1010. The molecule has 0 aromatic heterocycles. The van der Waals surface area contributed by atoms with Gasteiger partial charge in [0.1, 0.15) is 0 Å². The van der Waals surface area contributed by atoms with Crippen molar-refractivity contribution in [1.29, 1.82) is 0 Å². The Morgan fingerprint density at radius 1 is 0.571 bits per heavy atom. The van der Waals surface area contributed by atoms with Crippen LogP contribution in [0.5, 0.6) is 0 Å². The Morgan fingerprint density at radius 2 is 1.14 bits per heavy atom. The second kappa shape index (κ2) is 9.30. The van der Waals surface area contributed by atoms with Gasteiger partial charge >= 0.3 is 0 Å². The lowest BCUT2D eigenvalue weighted by molar-refractivity contribution is 0.00101. The number of methoxy groups -OCH3 is 1. The van der Waals surface area contributed by atoms with Gasteiger partial charge in [0.05, 0.1) is 46.2 Å². The average Bonchev–Trinajstić information content (AvgIpc) is 2.74. The molecular formula is C24H26O4. The van der Waals surface area contributed by atoms with Gasteiger partial charge in [-0.05, 0) is 37.9 Å². The molecular weight excluding hydrogens is 352 g/mol. The van der Waals surface area contributed by atoms with Crippen LogP contribution < -0.4 is 0 Å². The van der Waals surface area contributed by atoms with E-state index in [-0.39, 0.29) is 0 Å². The molecule has 0 atom stereocenters. The summed E-state index contributed by atoms with van der Waals surface area (Å²) < 4.78 is 21.7. The maximum atomic E-state index is 5.87. The van der Waals surface area contributed by atoms with Crippen LogP contribution >= 0.6 is 0 Å². The highest BCUT2D eigenvalue weighted by Crippen LogP contribution is 2.35. The summed E-state index contributed by atoms with van der Waals surface area (Å²) >= 11 is 0. The molecule has 4 heteroatoms. The highest BCUT2D eigenvalue weighted by atomic mass is 16.6. The van der Waals surface area contributed by atoms with Crippen molar-refractivity contribution in [3.05, 3.63) is 60.2 Å². The Hall–Kier alpha value is -2.24. The summed E-state index contributed by atoms with van der Waals surface area (Å²) in [5.74, 6) is 0. The van der Waals surface area contributed by atoms with Gasteiger partial charge in [0, 0.05) is 7.11 Å². The first kappa shape index (κ1) is 19.1. The molecule has 4 rings (SSSR count). The quantitative estimate of drug-likeness (QED) is 0.278. The predicted octanol–water partition coefficient (Wildman–Crippen LogP) is 4.78. The van der Waals surface area contributed by atoms with Crippen molar-refractivity contribution < 1.29 is 18.9 Å². The molecule has 0 fully saturated rings. The monoisotopic (exact) mass is 378 g/mol. The summed E-state index contributed by atoms with van der Waals surface area (Å²) in [4.78, 5) is 0. The first-order valence-electron chi connectivity index (χ1n) is 9.76. The normalized spacial score (nSPS) is 11.9. The van der Waals surface area contributed by atoms with Crippen molar-refractivity contribution in [2.24, 2.45) is 0 Å². The van der Waals surface area contributed by atoms with Crippen molar-refractivity contribution in [2.45, 2.75) is 6.61 Å². The first-order chi connectivity index (χ1) is 13.9. The van der Waals surface area contributed by atoms with Gasteiger partial charge in [-0.15, -0.1) is 0 Å². The molecule has 4 aromatic rings. The van der Waals surface area contributed by atoms with Crippen LogP contribution in [0.15, 0.2) is 54.6 Å². The fraction of sp³-hybridized carbons (Fsp3) is 0.333. The smallest absolute Gasteiger partial charge is 0.0724 e. The van der Waals surface area contributed by atoms with Gasteiger partial charge in [0.2, 0.25) is 0 Å². The van der Waals surface area contributed by atoms with E-state index in [1.807, 2.05) is 0 Å². The molecule has 4 nitrogen and oxygen atoms in total. The van der Waals surface area contributed by atoms with E-state index in [1.54, 1.807) is 7.11 Å². The predicted molar refractivity (Wildman–Crippen MR) is 113 cm³/mol. The zero-order valence-corrected chi connectivity index (χ0v) is 16.3. The van der Waals surface area contributed by atoms with Crippen LogP contribution in [0.25, 0.3) is 32.3 Å². The van der Waals surface area contributed by atoms with Gasteiger partial charge < -0.3 is 18.9 Å². The van der Waals surface area contributed by atoms with Crippen molar-refractivity contribution in [3.8, 4) is 0 Å². The third kappa shape index (κ3) is 4.10. The van der Waals surface area contributed by atoms with Gasteiger partial charge in [-0.25, -0.2) is 0 Å². The van der Waals surface area contributed by atoms with Crippen molar-refractivity contribution >= 4 is 32.3 Å². The Kier molecular flexibility index (Phi) is 6.34. The molecule has 0 bridgehead atoms. The molecule has 0 amide bonds. The Labute approximate surface area is 165 Å². The van der Waals surface area contributed by atoms with Crippen LogP contribution in [0.3, 0.4) is 0 Å². The number of rotatable bonds is 11. The maximum absolute atomic E-state index is 5.87. The molecule has 0 N–H and O–H groups in total. The molecule has 0 unspecified atom stereocenters. The molecule has 0 aliphatic carbocycles. The van der Waals surface area contributed by atoms with Gasteiger partial charge in [0.25, 0.3) is 0 Å². The molecule has 0 heterocycles. The van der Waals surface area contributed by atoms with Crippen molar-refractivity contribution in [3.63, 3.8) is 0 Å². The minimum Gasteiger partial charge on any atom is -0.382 e. The third-order valence-corrected chi connectivity index (χ3v) is 5.05. The second-order valence-electron chi connectivity index (χ2n) is 6.85. The lowest BCUT2D eigenvalue weighted by Crippen LogP contribution is -2.11. The fourth-order valence-corrected chi connectivity index (χ4v) is 3.69. The number of ether oxygens (including phenoxy) is 4. The van der Waals surface area contributed by atoms with E-state index >= 15 is 0 Å². The summed E-state index contributed by atoms with van der Waals surface area (Å²) in [6.45, 7) is 4.10. The zero-order valence-electron chi connectivity index (χ0n) is 16.3. The number of hydrogen-bond acceptors (Lipinski definition) is 4. The SMILES string of the molecule is COCCOCCOCCOCc1ccc2ccc3cccc4ccc1c2c34. The van der Waals surface area contributed by atoms with E-state index in [4.69, 9.17) is 18.9 Å². The Morgan fingerprint density at radius 3 is 1.86 bits per heavy atom. The summed E-state index contributed by atoms with van der Waals surface area (Å²) in [5, 5.41) is 7.80. The largest absolute Gasteiger partial charge is 0.382 e. The molecule has 0 radical (unpaired) electrons. The summed E-state index contributed by atoms with van der Waals surface area (Å²) in [5.41, 5.74) is 1.22. The van der Waals surface area contributed by atoms with Crippen molar-refractivity contribution in [2.75, 3.05) is 46.8 Å². The van der Waals surface area contributed by atoms with Gasteiger partial charge in [-0.1, -0.05) is 54.6 Å². The molecule has 0 spiro atoms. The van der Waals surface area contributed by atoms with Gasteiger partial charge in [-0.3, -0.25) is 0 Å². The fourth-order valence-electron chi connectivity index (χ4n) is 3.69. The lowest BCUT2D eigenvalue weighted by atomic mass is 9.92. The molecule has 0 saturated heterocycles. The molecule has 0 aliphatic heterocycles. The minimum atomic E-state index is 0.569. The van der Waals surface area contributed by atoms with E-state index < -0.39 is 0 Å². The minimum absolute atomic E-state index is 0.569. The number of benzene rings is 4. The zero-order chi connectivity index (χ0) is 19.2. The van der Waals surface area contributed by atoms with Gasteiger partial charge in [-0.2, -0.15) is 0 Å². The van der Waals surface area contributed by atoms with Crippen LogP contribution in [0.1, 0.15) is 5.56 Å². The highest BCUT2D eigenvalue weighted by molar-refractivity contribution is 6.23. The molecule has 0 aliphatic rings.